The molecular weight excluding hydrogens is 318 g/mol. The van der Waals surface area contributed by atoms with Crippen LogP contribution in [-0.2, 0) is 16.1 Å². The highest BCUT2D eigenvalue weighted by Crippen LogP contribution is 2.15. The van der Waals surface area contributed by atoms with Gasteiger partial charge < -0.3 is 9.64 Å². The van der Waals surface area contributed by atoms with Crippen molar-refractivity contribution in [3.63, 3.8) is 0 Å². The minimum absolute atomic E-state index is 0.0555. The Morgan fingerprint density at radius 3 is 2.76 bits per heavy atom. The molecule has 0 radical (unpaired) electrons. The van der Waals surface area contributed by atoms with Gasteiger partial charge in [-0.1, -0.05) is 30.3 Å². The zero-order valence-electron chi connectivity index (χ0n) is 14.4. The molecule has 1 fully saturated rings. The summed E-state index contributed by atoms with van der Waals surface area (Å²) in [7, 11) is 0. The average Bonchev–Trinajstić information content (AvgIpc) is 3.15. The maximum atomic E-state index is 12.6. The average molecular weight is 341 g/mol. The first-order valence-electron chi connectivity index (χ1n) is 8.70. The number of ether oxygens (including phenoxy) is 1. The summed E-state index contributed by atoms with van der Waals surface area (Å²) < 4.78 is 6.85. The third-order valence-corrected chi connectivity index (χ3v) is 4.40. The fraction of sp³-hybridized carbons (Fsp3) is 0.421. The van der Waals surface area contributed by atoms with E-state index < -0.39 is 0 Å². The van der Waals surface area contributed by atoms with Crippen LogP contribution < -0.4 is 5.56 Å². The lowest BCUT2D eigenvalue weighted by molar-refractivity contribution is -0.133. The summed E-state index contributed by atoms with van der Waals surface area (Å²) in [5.74, 6) is -0.113. The first-order valence-corrected chi connectivity index (χ1v) is 8.70. The largest absolute Gasteiger partial charge is 0.376 e. The molecule has 0 bridgehead atoms. The number of rotatable bonds is 6. The summed E-state index contributed by atoms with van der Waals surface area (Å²) in [6.07, 6.45) is 2.12. The quantitative estimate of drug-likeness (QED) is 0.805. The minimum Gasteiger partial charge on any atom is -0.376 e. The number of hydrogen-bond acceptors (Lipinski definition) is 4. The van der Waals surface area contributed by atoms with Crippen molar-refractivity contribution in [3.05, 3.63) is 52.8 Å². The van der Waals surface area contributed by atoms with E-state index in [2.05, 4.69) is 5.10 Å². The van der Waals surface area contributed by atoms with Gasteiger partial charge in [0.1, 0.15) is 6.54 Å². The second-order valence-electron chi connectivity index (χ2n) is 6.15. The van der Waals surface area contributed by atoms with Gasteiger partial charge in [0.25, 0.3) is 5.56 Å². The van der Waals surface area contributed by atoms with E-state index in [0.717, 1.165) is 25.0 Å². The second kappa shape index (κ2) is 8.07. The van der Waals surface area contributed by atoms with Crippen LogP contribution in [0.15, 0.2) is 47.3 Å². The lowest BCUT2D eigenvalue weighted by atomic mass is 10.1. The fourth-order valence-electron chi connectivity index (χ4n) is 2.99. The molecule has 1 aliphatic rings. The molecule has 2 aromatic rings. The second-order valence-corrected chi connectivity index (χ2v) is 6.15. The standard InChI is InChI=1S/C19H23N3O3/c1-2-21(13-16-9-6-12-25-16)19(24)14-22-18(23)11-10-17(20-22)15-7-4-3-5-8-15/h3-5,7-8,10-11,16H,2,6,9,12-14H2,1H3/t16-/m1/s1. The molecule has 1 amide bonds. The predicted molar refractivity (Wildman–Crippen MR) is 95.2 cm³/mol. The normalized spacial score (nSPS) is 16.8. The summed E-state index contributed by atoms with van der Waals surface area (Å²) in [6.45, 7) is 3.80. The molecule has 6 heteroatoms. The van der Waals surface area contributed by atoms with Crippen molar-refractivity contribution in [3.8, 4) is 11.3 Å². The summed E-state index contributed by atoms with van der Waals surface area (Å²) in [4.78, 5) is 26.4. The van der Waals surface area contributed by atoms with Crippen molar-refractivity contribution in [1.29, 1.82) is 0 Å². The zero-order valence-corrected chi connectivity index (χ0v) is 14.4. The van der Waals surface area contributed by atoms with Gasteiger partial charge in [-0.2, -0.15) is 5.10 Å². The Kier molecular flexibility index (Phi) is 5.60. The number of benzene rings is 1. The Morgan fingerprint density at radius 1 is 1.28 bits per heavy atom. The van der Waals surface area contributed by atoms with Crippen molar-refractivity contribution in [2.24, 2.45) is 0 Å². The van der Waals surface area contributed by atoms with Crippen LogP contribution in [0.2, 0.25) is 0 Å². The summed E-state index contributed by atoms with van der Waals surface area (Å²) in [5.41, 5.74) is 1.31. The van der Waals surface area contributed by atoms with Crippen molar-refractivity contribution in [1.82, 2.24) is 14.7 Å². The molecule has 0 saturated carbocycles. The number of amides is 1. The Morgan fingerprint density at radius 2 is 2.08 bits per heavy atom. The summed E-state index contributed by atoms with van der Waals surface area (Å²) in [6, 6.07) is 12.7. The van der Waals surface area contributed by atoms with Crippen LogP contribution in [0.4, 0.5) is 0 Å². The van der Waals surface area contributed by atoms with Crippen LogP contribution in [0, 0.1) is 0 Å². The highest BCUT2D eigenvalue weighted by molar-refractivity contribution is 5.76. The first-order chi connectivity index (χ1) is 12.2. The van der Waals surface area contributed by atoms with Gasteiger partial charge in [0.15, 0.2) is 0 Å². The van der Waals surface area contributed by atoms with E-state index in [-0.39, 0.29) is 24.1 Å². The molecule has 0 aliphatic carbocycles. The molecule has 3 rings (SSSR count). The van der Waals surface area contributed by atoms with E-state index >= 15 is 0 Å². The maximum Gasteiger partial charge on any atom is 0.267 e. The van der Waals surface area contributed by atoms with Crippen molar-refractivity contribution in [2.75, 3.05) is 19.7 Å². The van der Waals surface area contributed by atoms with Crippen LogP contribution in [0.5, 0.6) is 0 Å². The third kappa shape index (κ3) is 4.33. The van der Waals surface area contributed by atoms with Gasteiger partial charge in [-0.15, -0.1) is 0 Å². The minimum atomic E-state index is -0.277. The number of carbonyl (C=O) groups excluding carboxylic acids is 1. The predicted octanol–water partition coefficient (Wildman–Crippen LogP) is 1.94. The molecule has 1 aromatic carbocycles. The Labute approximate surface area is 147 Å². The van der Waals surface area contributed by atoms with Crippen LogP contribution >= 0.6 is 0 Å². The molecule has 1 saturated heterocycles. The summed E-state index contributed by atoms with van der Waals surface area (Å²) >= 11 is 0. The van der Waals surface area contributed by atoms with E-state index in [4.69, 9.17) is 4.74 Å². The molecular formula is C19H23N3O3. The van der Waals surface area contributed by atoms with Crippen LogP contribution in [0.3, 0.4) is 0 Å². The monoisotopic (exact) mass is 341 g/mol. The zero-order chi connectivity index (χ0) is 17.6. The van der Waals surface area contributed by atoms with Gasteiger partial charge in [-0.05, 0) is 25.8 Å². The van der Waals surface area contributed by atoms with Crippen molar-refractivity contribution in [2.45, 2.75) is 32.4 Å². The number of likely N-dealkylation sites (N-methyl/N-ethyl adjacent to an activating group) is 1. The van der Waals surface area contributed by atoms with Gasteiger partial charge in [0.05, 0.1) is 11.8 Å². The van der Waals surface area contributed by atoms with Gasteiger partial charge in [-0.3, -0.25) is 9.59 Å². The smallest absolute Gasteiger partial charge is 0.267 e. The fourth-order valence-corrected chi connectivity index (χ4v) is 2.99. The van der Waals surface area contributed by atoms with Gasteiger partial charge in [0.2, 0.25) is 5.91 Å². The molecule has 1 aliphatic heterocycles. The van der Waals surface area contributed by atoms with Crippen LogP contribution in [0.25, 0.3) is 11.3 Å². The number of hydrogen-bond donors (Lipinski definition) is 0. The lowest BCUT2D eigenvalue weighted by Gasteiger charge is -2.24. The number of nitrogens with zero attached hydrogens (tertiary/aromatic N) is 3. The first kappa shape index (κ1) is 17.4. The van der Waals surface area contributed by atoms with Crippen molar-refractivity contribution >= 4 is 5.91 Å². The van der Waals surface area contributed by atoms with Gasteiger partial charge in [-0.25, -0.2) is 4.68 Å². The topological polar surface area (TPSA) is 64.4 Å². The molecule has 0 spiro atoms. The van der Waals surface area contributed by atoms with Crippen molar-refractivity contribution < 1.29 is 9.53 Å². The SMILES string of the molecule is CCN(C[C@H]1CCCO1)C(=O)Cn1nc(-c2ccccc2)ccc1=O. The van der Waals surface area contributed by atoms with E-state index in [1.807, 2.05) is 37.3 Å². The maximum absolute atomic E-state index is 12.6. The molecule has 25 heavy (non-hydrogen) atoms. The number of aromatic nitrogens is 2. The Hall–Kier alpha value is -2.47. The molecule has 6 nitrogen and oxygen atoms in total. The molecule has 132 valence electrons. The van der Waals surface area contributed by atoms with E-state index in [0.29, 0.717) is 18.8 Å². The highest BCUT2D eigenvalue weighted by Gasteiger charge is 2.22. The molecule has 1 atom stereocenters. The van der Waals surface area contributed by atoms with E-state index in [1.54, 1.807) is 11.0 Å². The number of carbonyl (C=O) groups is 1. The lowest BCUT2D eigenvalue weighted by Crippen LogP contribution is -2.41. The van der Waals surface area contributed by atoms with Gasteiger partial charge in [0, 0.05) is 31.3 Å². The third-order valence-electron chi connectivity index (χ3n) is 4.40. The van der Waals surface area contributed by atoms with Gasteiger partial charge >= 0.3 is 0 Å². The summed E-state index contributed by atoms with van der Waals surface area (Å²) in [5, 5.41) is 4.36. The molecule has 1 aromatic heterocycles. The highest BCUT2D eigenvalue weighted by atomic mass is 16.5. The van der Waals surface area contributed by atoms with E-state index in [1.165, 1.54) is 10.7 Å². The van der Waals surface area contributed by atoms with Crippen LogP contribution in [0.1, 0.15) is 19.8 Å². The molecule has 0 N–H and O–H groups in total. The molecule has 0 unspecified atom stereocenters. The Bertz CT molecular complexity index is 767. The Balaban J connectivity index is 1.74. The van der Waals surface area contributed by atoms with Crippen LogP contribution in [-0.4, -0.2) is 46.4 Å². The van der Waals surface area contributed by atoms with E-state index in [9.17, 15) is 9.59 Å². The molecule has 2 heterocycles.